The molecule has 1 atom stereocenters. The van der Waals surface area contributed by atoms with E-state index >= 15 is 0 Å². The Balaban J connectivity index is 2.08. The van der Waals surface area contributed by atoms with Crippen LogP contribution in [0, 0.1) is 11.3 Å². The van der Waals surface area contributed by atoms with Crippen LogP contribution in [-0.2, 0) is 0 Å². The molecule has 0 saturated heterocycles. The Kier molecular flexibility index (Phi) is 3.96. The highest BCUT2D eigenvalue weighted by atomic mass is 16.1. The highest BCUT2D eigenvalue weighted by Crippen LogP contribution is 2.18. The molecule has 0 aliphatic heterocycles. The molecule has 5 heteroatoms. The molecule has 2 aromatic rings. The number of anilines is 1. The van der Waals surface area contributed by atoms with E-state index in [1.165, 1.54) is 6.20 Å². The van der Waals surface area contributed by atoms with Gasteiger partial charge < -0.3 is 11.1 Å². The number of carbonyl (C=O) groups is 1. The SMILES string of the molecule is CC(Nc1ccc(C(N)=O)cn1)c1ccc(C#N)cc1. The molecular weight excluding hydrogens is 252 g/mol. The van der Waals surface area contributed by atoms with Gasteiger partial charge in [-0.3, -0.25) is 4.79 Å². The maximum atomic E-state index is 11.0. The molecule has 5 nitrogen and oxygen atoms in total. The van der Waals surface area contributed by atoms with Crippen molar-refractivity contribution in [2.75, 3.05) is 5.32 Å². The van der Waals surface area contributed by atoms with E-state index in [2.05, 4.69) is 16.4 Å². The lowest BCUT2D eigenvalue weighted by Gasteiger charge is -2.15. The van der Waals surface area contributed by atoms with E-state index in [-0.39, 0.29) is 6.04 Å². The first-order valence-corrected chi connectivity index (χ1v) is 6.12. The zero-order valence-electron chi connectivity index (χ0n) is 11.0. The maximum Gasteiger partial charge on any atom is 0.250 e. The van der Waals surface area contributed by atoms with Crippen molar-refractivity contribution in [1.29, 1.82) is 5.26 Å². The largest absolute Gasteiger partial charge is 0.366 e. The maximum absolute atomic E-state index is 11.0. The van der Waals surface area contributed by atoms with Gasteiger partial charge in [0.05, 0.1) is 17.2 Å². The van der Waals surface area contributed by atoms with E-state index in [1.54, 1.807) is 24.3 Å². The van der Waals surface area contributed by atoms with Gasteiger partial charge in [-0.1, -0.05) is 12.1 Å². The first kappa shape index (κ1) is 13.6. The second kappa shape index (κ2) is 5.85. The summed E-state index contributed by atoms with van der Waals surface area (Å²) >= 11 is 0. The Bertz CT molecular complexity index is 641. The molecule has 3 N–H and O–H groups in total. The molecule has 2 rings (SSSR count). The van der Waals surface area contributed by atoms with E-state index in [0.29, 0.717) is 16.9 Å². The van der Waals surface area contributed by atoms with Gasteiger partial charge in [-0.25, -0.2) is 4.98 Å². The van der Waals surface area contributed by atoms with Crippen LogP contribution < -0.4 is 11.1 Å². The average molecular weight is 266 g/mol. The van der Waals surface area contributed by atoms with E-state index in [4.69, 9.17) is 11.0 Å². The minimum atomic E-state index is -0.496. The number of nitriles is 1. The second-order valence-electron chi connectivity index (χ2n) is 4.40. The molecule has 20 heavy (non-hydrogen) atoms. The Hall–Kier alpha value is -2.87. The number of nitrogens with two attached hydrogens (primary N) is 1. The number of nitrogens with one attached hydrogen (secondary N) is 1. The van der Waals surface area contributed by atoms with Crippen molar-refractivity contribution in [2.24, 2.45) is 5.73 Å². The fraction of sp³-hybridized carbons (Fsp3) is 0.133. The Morgan fingerprint density at radius 2 is 2.00 bits per heavy atom. The third-order valence-corrected chi connectivity index (χ3v) is 2.95. The quantitative estimate of drug-likeness (QED) is 0.887. The summed E-state index contributed by atoms with van der Waals surface area (Å²) in [7, 11) is 0. The molecule has 0 radical (unpaired) electrons. The molecular formula is C15H14N4O. The number of hydrogen-bond donors (Lipinski definition) is 2. The summed E-state index contributed by atoms with van der Waals surface area (Å²) in [6, 6.07) is 12.8. The van der Waals surface area contributed by atoms with Crippen LogP contribution in [0.25, 0.3) is 0 Å². The summed E-state index contributed by atoms with van der Waals surface area (Å²) in [5, 5.41) is 12.0. The summed E-state index contributed by atoms with van der Waals surface area (Å²) in [4.78, 5) is 15.1. The van der Waals surface area contributed by atoms with Gasteiger partial charge in [0.15, 0.2) is 0 Å². The van der Waals surface area contributed by atoms with E-state index in [1.807, 2.05) is 19.1 Å². The molecule has 100 valence electrons. The number of primary amides is 1. The summed E-state index contributed by atoms with van der Waals surface area (Å²) in [5.41, 5.74) is 7.21. The lowest BCUT2D eigenvalue weighted by molar-refractivity contribution is 0.1000. The predicted molar refractivity (Wildman–Crippen MR) is 75.9 cm³/mol. The summed E-state index contributed by atoms with van der Waals surface area (Å²) < 4.78 is 0. The molecule has 1 heterocycles. The van der Waals surface area contributed by atoms with Gasteiger partial charge in [-0.2, -0.15) is 5.26 Å². The van der Waals surface area contributed by atoms with E-state index < -0.39 is 5.91 Å². The van der Waals surface area contributed by atoms with Crippen molar-refractivity contribution in [3.8, 4) is 6.07 Å². The molecule has 1 unspecified atom stereocenters. The van der Waals surface area contributed by atoms with Crippen LogP contribution in [-0.4, -0.2) is 10.9 Å². The number of pyridine rings is 1. The molecule has 0 aliphatic carbocycles. The number of carbonyl (C=O) groups excluding carboxylic acids is 1. The lowest BCUT2D eigenvalue weighted by atomic mass is 10.1. The monoisotopic (exact) mass is 266 g/mol. The van der Waals surface area contributed by atoms with Crippen LogP contribution in [0.5, 0.6) is 0 Å². The number of hydrogen-bond acceptors (Lipinski definition) is 4. The van der Waals surface area contributed by atoms with Crippen molar-refractivity contribution in [3.63, 3.8) is 0 Å². The smallest absolute Gasteiger partial charge is 0.250 e. The van der Waals surface area contributed by atoms with E-state index in [9.17, 15) is 4.79 Å². The van der Waals surface area contributed by atoms with Gasteiger partial charge in [-0.05, 0) is 36.8 Å². The van der Waals surface area contributed by atoms with Gasteiger partial charge >= 0.3 is 0 Å². The van der Waals surface area contributed by atoms with Crippen LogP contribution in [0.1, 0.15) is 34.5 Å². The molecule has 1 aromatic heterocycles. The fourth-order valence-electron chi connectivity index (χ4n) is 1.78. The fourth-order valence-corrected chi connectivity index (χ4v) is 1.78. The van der Waals surface area contributed by atoms with Crippen molar-refractivity contribution >= 4 is 11.7 Å². The molecule has 0 bridgehead atoms. The number of nitrogens with zero attached hydrogens (tertiary/aromatic N) is 2. The standard InChI is InChI=1S/C15H14N4O/c1-10(12-4-2-11(8-16)3-5-12)19-14-7-6-13(9-18-14)15(17)20/h2-7,9-10H,1H3,(H2,17,20)(H,18,19). The minimum Gasteiger partial charge on any atom is -0.366 e. The van der Waals surface area contributed by atoms with Crippen molar-refractivity contribution in [2.45, 2.75) is 13.0 Å². The molecule has 1 amide bonds. The first-order chi connectivity index (χ1) is 9.60. The summed E-state index contributed by atoms with van der Waals surface area (Å²) in [5.74, 6) is 0.163. The van der Waals surface area contributed by atoms with Crippen LogP contribution in [0.15, 0.2) is 42.6 Å². The van der Waals surface area contributed by atoms with Crippen molar-refractivity contribution in [3.05, 3.63) is 59.3 Å². The number of amides is 1. The predicted octanol–water partition coefficient (Wildman–Crippen LogP) is 2.23. The van der Waals surface area contributed by atoms with Gasteiger partial charge in [-0.15, -0.1) is 0 Å². The highest BCUT2D eigenvalue weighted by Gasteiger charge is 2.07. The molecule has 0 aliphatic rings. The molecule has 0 fully saturated rings. The lowest BCUT2D eigenvalue weighted by Crippen LogP contribution is -2.12. The highest BCUT2D eigenvalue weighted by molar-refractivity contribution is 5.92. The summed E-state index contributed by atoms with van der Waals surface area (Å²) in [6.07, 6.45) is 1.44. The van der Waals surface area contributed by atoms with Crippen LogP contribution in [0.3, 0.4) is 0 Å². The zero-order chi connectivity index (χ0) is 14.5. The third kappa shape index (κ3) is 3.12. The van der Waals surface area contributed by atoms with Gasteiger partial charge in [0.25, 0.3) is 0 Å². The van der Waals surface area contributed by atoms with Crippen molar-refractivity contribution in [1.82, 2.24) is 4.98 Å². The van der Waals surface area contributed by atoms with Gasteiger partial charge in [0.2, 0.25) is 5.91 Å². The topological polar surface area (TPSA) is 91.8 Å². The Labute approximate surface area is 117 Å². The molecule has 0 saturated carbocycles. The average Bonchev–Trinajstić information content (AvgIpc) is 2.48. The third-order valence-electron chi connectivity index (χ3n) is 2.95. The van der Waals surface area contributed by atoms with Crippen LogP contribution in [0.4, 0.5) is 5.82 Å². The Morgan fingerprint density at radius 3 is 2.50 bits per heavy atom. The second-order valence-corrected chi connectivity index (χ2v) is 4.40. The van der Waals surface area contributed by atoms with Crippen molar-refractivity contribution < 1.29 is 4.79 Å². The minimum absolute atomic E-state index is 0.0367. The van der Waals surface area contributed by atoms with Crippen LogP contribution in [0.2, 0.25) is 0 Å². The van der Waals surface area contributed by atoms with Gasteiger partial charge in [0.1, 0.15) is 5.82 Å². The molecule has 1 aromatic carbocycles. The normalized spacial score (nSPS) is 11.4. The first-order valence-electron chi connectivity index (χ1n) is 6.12. The number of aromatic nitrogens is 1. The van der Waals surface area contributed by atoms with Gasteiger partial charge in [0, 0.05) is 12.2 Å². The number of rotatable bonds is 4. The molecule has 0 spiro atoms. The number of benzene rings is 1. The zero-order valence-corrected chi connectivity index (χ0v) is 11.0. The van der Waals surface area contributed by atoms with Crippen LogP contribution >= 0.6 is 0 Å². The summed E-state index contributed by atoms with van der Waals surface area (Å²) in [6.45, 7) is 1.99. The Morgan fingerprint density at radius 1 is 1.30 bits per heavy atom. The van der Waals surface area contributed by atoms with E-state index in [0.717, 1.165) is 5.56 Å².